The van der Waals surface area contributed by atoms with Gasteiger partial charge >= 0.3 is 0 Å². The number of nitrogens with one attached hydrogen (secondary N) is 1. The second kappa shape index (κ2) is 9.00. The Kier molecular flexibility index (Phi) is 5.99. The molecule has 3 aromatic rings. The summed E-state index contributed by atoms with van der Waals surface area (Å²) in [5.41, 5.74) is 2.48. The van der Waals surface area contributed by atoms with Crippen LogP contribution in [0.4, 0.5) is 15.8 Å². The zero-order valence-corrected chi connectivity index (χ0v) is 17.3. The van der Waals surface area contributed by atoms with Crippen LogP contribution in [0.15, 0.2) is 48.7 Å². The van der Waals surface area contributed by atoms with Gasteiger partial charge in [0.15, 0.2) is 0 Å². The summed E-state index contributed by atoms with van der Waals surface area (Å²) in [5.74, 6) is 0.256. The van der Waals surface area contributed by atoms with Crippen LogP contribution in [0.1, 0.15) is 25.3 Å². The summed E-state index contributed by atoms with van der Waals surface area (Å²) in [6.07, 6.45) is 2.82. The first-order chi connectivity index (χ1) is 15.1. The van der Waals surface area contributed by atoms with Gasteiger partial charge in [0.1, 0.15) is 17.6 Å². The number of nitrogens with zero attached hydrogens (tertiary/aromatic N) is 3. The van der Waals surface area contributed by atoms with Gasteiger partial charge in [0, 0.05) is 36.3 Å². The average Bonchev–Trinajstić information content (AvgIpc) is 2.79. The summed E-state index contributed by atoms with van der Waals surface area (Å²) in [5, 5.41) is 13.1. The Labute approximate surface area is 180 Å². The van der Waals surface area contributed by atoms with E-state index in [1.165, 1.54) is 18.3 Å². The van der Waals surface area contributed by atoms with Crippen LogP contribution < -0.4 is 15.0 Å². The quantitative estimate of drug-likeness (QED) is 0.660. The lowest BCUT2D eigenvalue weighted by Gasteiger charge is -2.34. The number of piperidine rings is 1. The van der Waals surface area contributed by atoms with Crippen LogP contribution in [-0.4, -0.2) is 30.6 Å². The van der Waals surface area contributed by atoms with Gasteiger partial charge in [-0.3, -0.25) is 9.78 Å². The molecule has 0 saturated carbocycles. The number of anilines is 2. The maximum Gasteiger partial charge on any atom is 0.227 e. The predicted octanol–water partition coefficient (Wildman–Crippen LogP) is 4.50. The molecule has 1 aliphatic heterocycles. The topological polar surface area (TPSA) is 78.2 Å². The molecule has 0 bridgehead atoms. The number of aromatic nitrogens is 1. The van der Waals surface area contributed by atoms with Gasteiger partial charge in [-0.2, -0.15) is 5.26 Å². The van der Waals surface area contributed by atoms with Crippen molar-refractivity contribution in [2.75, 3.05) is 29.9 Å². The number of fused-ring (bicyclic) bond motifs is 1. The standard InChI is InChI=1S/C24H23FN4O2/c1-2-31-20-6-4-19(5-7-20)28-24(30)16-9-11-29(12-10-16)23-17(14-26)15-27-22-8-3-18(25)13-21(22)23/h3-8,13,15-16H,2,9-12H2,1H3,(H,28,30). The van der Waals surface area contributed by atoms with E-state index in [9.17, 15) is 14.4 Å². The van der Waals surface area contributed by atoms with Crippen LogP contribution in [0.5, 0.6) is 5.75 Å². The smallest absolute Gasteiger partial charge is 0.227 e. The van der Waals surface area contributed by atoms with Gasteiger partial charge in [0.25, 0.3) is 0 Å². The van der Waals surface area contributed by atoms with Crippen LogP contribution in [-0.2, 0) is 4.79 Å². The van der Waals surface area contributed by atoms with Crippen LogP contribution >= 0.6 is 0 Å². The first kappa shape index (κ1) is 20.6. The van der Waals surface area contributed by atoms with Crippen molar-refractivity contribution in [1.29, 1.82) is 5.26 Å². The molecule has 7 heteroatoms. The van der Waals surface area contributed by atoms with Crippen LogP contribution in [0.25, 0.3) is 10.9 Å². The van der Waals surface area contributed by atoms with E-state index in [4.69, 9.17) is 4.74 Å². The second-order valence-electron chi connectivity index (χ2n) is 7.50. The van der Waals surface area contributed by atoms with Crippen LogP contribution in [0, 0.1) is 23.1 Å². The van der Waals surface area contributed by atoms with Crippen molar-refractivity contribution in [1.82, 2.24) is 4.98 Å². The number of carbonyl (C=O) groups is 1. The van der Waals surface area contributed by atoms with E-state index < -0.39 is 0 Å². The minimum atomic E-state index is -0.366. The zero-order valence-electron chi connectivity index (χ0n) is 17.3. The van der Waals surface area contributed by atoms with E-state index in [1.54, 1.807) is 6.07 Å². The lowest BCUT2D eigenvalue weighted by atomic mass is 9.94. The molecule has 2 aromatic carbocycles. The molecule has 31 heavy (non-hydrogen) atoms. The molecule has 0 unspecified atom stereocenters. The largest absolute Gasteiger partial charge is 0.494 e. The van der Waals surface area contributed by atoms with Gasteiger partial charge in [-0.25, -0.2) is 4.39 Å². The Bertz CT molecular complexity index is 1130. The Morgan fingerprint density at radius 1 is 1.26 bits per heavy atom. The fourth-order valence-corrected chi connectivity index (χ4v) is 3.98. The molecule has 1 aliphatic rings. The number of hydrogen-bond donors (Lipinski definition) is 1. The third-order valence-electron chi connectivity index (χ3n) is 5.54. The number of halogens is 1. The molecule has 1 fully saturated rings. The molecular formula is C24H23FN4O2. The number of pyridine rings is 1. The van der Waals surface area contributed by atoms with E-state index in [-0.39, 0.29) is 17.6 Å². The summed E-state index contributed by atoms with van der Waals surface area (Å²) < 4.78 is 19.3. The predicted molar refractivity (Wildman–Crippen MR) is 118 cm³/mol. The fraction of sp³-hybridized carbons (Fsp3) is 0.292. The lowest BCUT2D eigenvalue weighted by molar-refractivity contribution is -0.120. The first-order valence-corrected chi connectivity index (χ1v) is 10.4. The maximum absolute atomic E-state index is 13.9. The van der Waals surface area contributed by atoms with Gasteiger partial charge in [-0.1, -0.05) is 0 Å². The number of benzene rings is 2. The van der Waals surface area contributed by atoms with Crippen molar-refractivity contribution >= 4 is 28.2 Å². The number of carbonyl (C=O) groups excluding carboxylic acids is 1. The molecule has 0 spiro atoms. The van der Waals surface area contributed by atoms with Crippen molar-refractivity contribution in [2.45, 2.75) is 19.8 Å². The molecule has 6 nitrogen and oxygen atoms in total. The molecule has 0 aliphatic carbocycles. The van der Waals surface area contributed by atoms with Gasteiger partial charge in [-0.15, -0.1) is 0 Å². The normalized spacial score (nSPS) is 14.3. The van der Waals surface area contributed by atoms with E-state index in [1.807, 2.05) is 31.2 Å². The Hall–Kier alpha value is -3.66. The Morgan fingerprint density at radius 2 is 2.00 bits per heavy atom. The van der Waals surface area contributed by atoms with Gasteiger partial charge < -0.3 is 15.0 Å². The third kappa shape index (κ3) is 4.43. The number of nitriles is 1. The average molecular weight is 418 g/mol. The fourth-order valence-electron chi connectivity index (χ4n) is 3.98. The Balaban J connectivity index is 1.46. The van der Waals surface area contributed by atoms with Crippen molar-refractivity contribution in [3.63, 3.8) is 0 Å². The highest BCUT2D eigenvalue weighted by Crippen LogP contribution is 2.33. The second-order valence-corrected chi connectivity index (χ2v) is 7.50. The van der Waals surface area contributed by atoms with Crippen LogP contribution in [0.2, 0.25) is 0 Å². The minimum absolute atomic E-state index is 0.0186. The highest BCUT2D eigenvalue weighted by atomic mass is 19.1. The first-order valence-electron chi connectivity index (χ1n) is 10.4. The molecule has 1 N–H and O–H groups in total. The molecular weight excluding hydrogens is 395 g/mol. The number of rotatable bonds is 5. The highest BCUT2D eigenvalue weighted by Gasteiger charge is 2.27. The summed E-state index contributed by atoms with van der Waals surface area (Å²) >= 11 is 0. The van der Waals surface area contributed by atoms with E-state index in [0.29, 0.717) is 54.7 Å². The van der Waals surface area contributed by atoms with Gasteiger partial charge in [-0.05, 0) is 62.2 Å². The number of amides is 1. The Morgan fingerprint density at radius 3 is 2.68 bits per heavy atom. The molecule has 1 saturated heterocycles. The van der Waals surface area contributed by atoms with Crippen molar-refractivity contribution in [3.8, 4) is 11.8 Å². The summed E-state index contributed by atoms with van der Waals surface area (Å²) in [4.78, 5) is 19.1. The minimum Gasteiger partial charge on any atom is -0.494 e. The van der Waals surface area contributed by atoms with Crippen LogP contribution in [0.3, 0.4) is 0 Å². The van der Waals surface area contributed by atoms with E-state index in [2.05, 4.69) is 21.3 Å². The third-order valence-corrected chi connectivity index (χ3v) is 5.54. The number of ether oxygens (including phenoxy) is 1. The highest BCUT2D eigenvalue weighted by molar-refractivity contribution is 5.95. The molecule has 1 aromatic heterocycles. The lowest BCUT2D eigenvalue weighted by Crippen LogP contribution is -2.38. The SMILES string of the molecule is CCOc1ccc(NC(=O)C2CCN(c3c(C#N)cnc4ccc(F)cc34)CC2)cc1. The summed E-state index contributed by atoms with van der Waals surface area (Å²) in [6, 6.07) is 13.9. The molecule has 4 rings (SSSR count). The van der Waals surface area contributed by atoms with Gasteiger partial charge in [0.2, 0.25) is 5.91 Å². The van der Waals surface area contributed by atoms with Crippen molar-refractivity contribution < 1.29 is 13.9 Å². The van der Waals surface area contributed by atoms with E-state index >= 15 is 0 Å². The summed E-state index contributed by atoms with van der Waals surface area (Å²) in [7, 11) is 0. The summed E-state index contributed by atoms with van der Waals surface area (Å²) in [6.45, 7) is 3.72. The molecule has 2 heterocycles. The molecule has 158 valence electrons. The van der Waals surface area contributed by atoms with Gasteiger partial charge in [0.05, 0.1) is 23.4 Å². The maximum atomic E-state index is 13.9. The van der Waals surface area contributed by atoms with Crippen molar-refractivity contribution in [2.24, 2.45) is 5.92 Å². The monoisotopic (exact) mass is 418 g/mol. The van der Waals surface area contributed by atoms with Crippen molar-refractivity contribution in [3.05, 3.63) is 60.0 Å². The molecule has 0 radical (unpaired) electrons. The number of hydrogen-bond acceptors (Lipinski definition) is 5. The van der Waals surface area contributed by atoms with E-state index in [0.717, 1.165) is 11.4 Å². The molecule has 0 atom stereocenters. The molecule has 1 amide bonds. The zero-order chi connectivity index (χ0) is 21.8.